The smallest absolute Gasteiger partial charge is 0.339 e. The summed E-state index contributed by atoms with van der Waals surface area (Å²) < 4.78 is 18.4. The van der Waals surface area contributed by atoms with Crippen molar-refractivity contribution < 1.29 is 18.7 Å². The van der Waals surface area contributed by atoms with Crippen molar-refractivity contribution in [3.8, 4) is 0 Å². The Balaban J connectivity index is 1.88. The highest BCUT2D eigenvalue weighted by atomic mass is 79.9. The topological polar surface area (TPSA) is 46.6 Å². The number of carbonyl (C=O) groups is 2. The van der Waals surface area contributed by atoms with E-state index >= 15 is 0 Å². The molecule has 6 heteroatoms. The Hall–Kier alpha value is -2.21. The molecular weight excluding hydrogens is 389 g/mol. The molecule has 0 spiro atoms. The fraction of sp³-hybridized carbons (Fsp3) is 0.263. The summed E-state index contributed by atoms with van der Waals surface area (Å²) in [5.74, 6) is -1.46. The van der Waals surface area contributed by atoms with Crippen LogP contribution in [0.2, 0.25) is 0 Å². The molecule has 0 radical (unpaired) electrons. The lowest BCUT2D eigenvalue weighted by Gasteiger charge is -2.17. The van der Waals surface area contributed by atoms with Gasteiger partial charge in [-0.15, -0.1) is 0 Å². The van der Waals surface area contributed by atoms with Gasteiger partial charge >= 0.3 is 5.97 Å². The molecule has 1 amide bonds. The maximum Gasteiger partial charge on any atom is 0.339 e. The molecule has 0 fully saturated rings. The fourth-order valence-corrected chi connectivity index (χ4v) is 2.73. The number of nitrogens with zero attached hydrogens (tertiary/aromatic N) is 1. The van der Waals surface area contributed by atoms with Crippen LogP contribution in [0.4, 0.5) is 4.39 Å². The number of esters is 1. The number of benzene rings is 2. The SMILES string of the molecule is CCc1ccc(CN(C)C(=O)COC(=O)c2ccc(F)cc2Br)cc1. The summed E-state index contributed by atoms with van der Waals surface area (Å²) >= 11 is 3.10. The first-order valence-corrected chi connectivity index (χ1v) is 8.64. The summed E-state index contributed by atoms with van der Waals surface area (Å²) in [6.07, 6.45) is 0.962. The van der Waals surface area contributed by atoms with Crippen LogP contribution < -0.4 is 0 Å². The van der Waals surface area contributed by atoms with Gasteiger partial charge in [0, 0.05) is 18.1 Å². The van der Waals surface area contributed by atoms with E-state index < -0.39 is 11.8 Å². The molecule has 0 saturated carbocycles. The lowest BCUT2D eigenvalue weighted by Crippen LogP contribution is -2.30. The minimum absolute atomic E-state index is 0.173. The molecule has 0 aliphatic carbocycles. The van der Waals surface area contributed by atoms with Gasteiger partial charge in [-0.2, -0.15) is 0 Å². The zero-order chi connectivity index (χ0) is 18.4. The highest BCUT2D eigenvalue weighted by molar-refractivity contribution is 9.10. The number of rotatable bonds is 6. The molecule has 4 nitrogen and oxygen atoms in total. The molecular formula is C19H19BrFNO3. The van der Waals surface area contributed by atoms with Crippen molar-refractivity contribution in [1.29, 1.82) is 0 Å². The Bertz CT molecular complexity index is 762. The van der Waals surface area contributed by atoms with Gasteiger partial charge in [0.1, 0.15) is 5.82 Å². The number of hydrogen-bond acceptors (Lipinski definition) is 3. The monoisotopic (exact) mass is 407 g/mol. The first-order chi connectivity index (χ1) is 11.9. The van der Waals surface area contributed by atoms with Crippen molar-refractivity contribution in [3.05, 3.63) is 69.4 Å². The van der Waals surface area contributed by atoms with Crippen molar-refractivity contribution in [2.24, 2.45) is 0 Å². The summed E-state index contributed by atoms with van der Waals surface area (Å²) in [6, 6.07) is 11.7. The van der Waals surface area contributed by atoms with E-state index in [1.165, 1.54) is 22.6 Å². The predicted molar refractivity (Wildman–Crippen MR) is 96.7 cm³/mol. The molecule has 2 aromatic rings. The minimum Gasteiger partial charge on any atom is -0.452 e. The van der Waals surface area contributed by atoms with Crippen molar-refractivity contribution in [1.82, 2.24) is 4.90 Å². The van der Waals surface area contributed by atoms with Gasteiger partial charge in [0.2, 0.25) is 0 Å². The molecule has 0 aliphatic rings. The molecule has 0 unspecified atom stereocenters. The van der Waals surface area contributed by atoms with Crippen LogP contribution in [0.3, 0.4) is 0 Å². The number of carbonyl (C=O) groups excluding carboxylic acids is 2. The average Bonchev–Trinajstić information content (AvgIpc) is 2.60. The number of halogens is 2. The van der Waals surface area contributed by atoms with Gasteiger partial charge in [-0.25, -0.2) is 9.18 Å². The van der Waals surface area contributed by atoms with Gasteiger partial charge in [0.05, 0.1) is 5.56 Å². The second kappa shape index (κ2) is 8.76. The lowest BCUT2D eigenvalue weighted by molar-refractivity contribution is -0.133. The normalized spacial score (nSPS) is 10.4. The van der Waals surface area contributed by atoms with Crippen LogP contribution in [0, 0.1) is 5.82 Å². The van der Waals surface area contributed by atoms with E-state index in [-0.39, 0.29) is 22.6 Å². The van der Waals surface area contributed by atoms with E-state index in [4.69, 9.17) is 4.74 Å². The molecule has 132 valence electrons. The standard InChI is InChI=1S/C19H19BrFNO3/c1-3-13-4-6-14(7-5-13)11-22(2)18(23)12-25-19(24)16-9-8-15(21)10-17(16)20/h4-10H,3,11-12H2,1-2H3. The van der Waals surface area contributed by atoms with Gasteiger partial charge in [-0.1, -0.05) is 31.2 Å². The van der Waals surface area contributed by atoms with E-state index in [1.807, 2.05) is 24.3 Å². The van der Waals surface area contributed by atoms with E-state index in [0.717, 1.165) is 18.1 Å². The molecule has 0 aromatic heterocycles. The van der Waals surface area contributed by atoms with Crippen LogP contribution in [-0.4, -0.2) is 30.4 Å². The third kappa shape index (κ3) is 5.39. The molecule has 0 heterocycles. The van der Waals surface area contributed by atoms with Gasteiger partial charge in [0.25, 0.3) is 5.91 Å². The summed E-state index contributed by atoms with van der Waals surface area (Å²) in [5.41, 5.74) is 2.41. The van der Waals surface area contributed by atoms with Gasteiger partial charge in [-0.3, -0.25) is 4.79 Å². The van der Waals surface area contributed by atoms with Crippen molar-refractivity contribution in [3.63, 3.8) is 0 Å². The van der Waals surface area contributed by atoms with E-state index in [1.54, 1.807) is 7.05 Å². The zero-order valence-corrected chi connectivity index (χ0v) is 15.7. The fourth-order valence-electron chi connectivity index (χ4n) is 2.21. The Morgan fingerprint density at radius 3 is 2.36 bits per heavy atom. The van der Waals surface area contributed by atoms with Gasteiger partial charge < -0.3 is 9.64 Å². The molecule has 0 N–H and O–H groups in total. The third-order valence-electron chi connectivity index (χ3n) is 3.75. The molecule has 25 heavy (non-hydrogen) atoms. The second-order valence-corrected chi connectivity index (χ2v) is 6.47. The summed E-state index contributed by atoms with van der Waals surface area (Å²) in [6.45, 7) is 2.14. The molecule has 2 aromatic carbocycles. The number of hydrogen-bond donors (Lipinski definition) is 0. The summed E-state index contributed by atoms with van der Waals surface area (Å²) in [5, 5.41) is 0. The van der Waals surface area contributed by atoms with Gasteiger partial charge in [0.15, 0.2) is 6.61 Å². The molecule has 0 bridgehead atoms. The van der Waals surface area contributed by atoms with Crippen LogP contribution in [0.5, 0.6) is 0 Å². The summed E-state index contributed by atoms with van der Waals surface area (Å²) in [7, 11) is 1.65. The zero-order valence-electron chi connectivity index (χ0n) is 14.1. The Labute approximate surface area is 154 Å². The lowest BCUT2D eigenvalue weighted by atomic mass is 10.1. The quantitative estimate of drug-likeness (QED) is 0.680. The Morgan fingerprint density at radius 1 is 1.12 bits per heavy atom. The molecule has 0 aliphatic heterocycles. The summed E-state index contributed by atoms with van der Waals surface area (Å²) in [4.78, 5) is 25.6. The highest BCUT2D eigenvalue weighted by Gasteiger charge is 2.16. The van der Waals surface area contributed by atoms with E-state index in [9.17, 15) is 14.0 Å². The third-order valence-corrected chi connectivity index (χ3v) is 4.41. The number of ether oxygens (including phenoxy) is 1. The van der Waals surface area contributed by atoms with Crippen LogP contribution in [0.15, 0.2) is 46.9 Å². The van der Waals surface area contributed by atoms with Crippen LogP contribution in [-0.2, 0) is 22.5 Å². The van der Waals surface area contributed by atoms with Crippen molar-refractivity contribution >= 4 is 27.8 Å². The maximum absolute atomic E-state index is 13.0. The Kier molecular flexibility index (Phi) is 6.70. The minimum atomic E-state index is -0.680. The van der Waals surface area contributed by atoms with Crippen LogP contribution in [0.25, 0.3) is 0 Å². The van der Waals surface area contributed by atoms with Crippen molar-refractivity contribution in [2.75, 3.05) is 13.7 Å². The maximum atomic E-state index is 13.0. The number of amides is 1. The first kappa shape index (κ1) is 19.1. The van der Waals surface area contributed by atoms with E-state index in [0.29, 0.717) is 6.54 Å². The van der Waals surface area contributed by atoms with Crippen LogP contribution in [0.1, 0.15) is 28.4 Å². The van der Waals surface area contributed by atoms with Crippen molar-refractivity contribution in [2.45, 2.75) is 19.9 Å². The number of aryl methyl sites for hydroxylation is 1. The first-order valence-electron chi connectivity index (χ1n) is 7.84. The molecule has 2 rings (SSSR count). The van der Waals surface area contributed by atoms with Gasteiger partial charge in [-0.05, 0) is 51.7 Å². The molecule has 0 saturated heterocycles. The van der Waals surface area contributed by atoms with Crippen LogP contribution >= 0.6 is 15.9 Å². The molecule has 0 atom stereocenters. The van der Waals surface area contributed by atoms with E-state index in [2.05, 4.69) is 22.9 Å². The average molecular weight is 408 g/mol. The number of likely N-dealkylation sites (N-methyl/N-ethyl adjacent to an activating group) is 1. The largest absolute Gasteiger partial charge is 0.452 e. The predicted octanol–water partition coefficient (Wildman–Crippen LogP) is 3.97. The second-order valence-electron chi connectivity index (χ2n) is 5.62. The highest BCUT2D eigenvalue weighted by Crippen LogP contribution is 2.19. The Morgan fingerprint density at radius 2 is 1.76 bits per heavy atom.